The van der Waals surface area contributed by atoms with Gasteiger partial charge in [-0.25, -0.2) is 0 Å². The zero-order chi connectivity index (χ0) is 13.2. The zero-order valence-corrected chi connectivity index (χ0v) is 11.4. The third-order valence-corrected chi connectivity index (χ3v) is 2.96. The van der Waals surface area contributed by atoms with Crippen molar-refractivity contribution in [2.24, 2.45) is 0 Å². The first kappa shape index (κ1) is 14.4. The van der Waals surface area contributed by atoms with E-state index >= 15 is 0 Å². The van der Waals surface area contributed by atoms with Crippen molar-refractivity contribution in [1.82, 2.24) is 0 Å². The molecule has 1 aromatic carbocycles. The van der Waals surface area contributed by atoms with E-state index in [4.69, 9.17) is 0 Å². The normalized spacial score (nSPS) is 12.6. The van der Waals surface area contributed by atoms with E-state index in [1.807, 2.05) is 19.1 Å². The fourth-order valence-electron chi connectivity index (χ4n) is 1.81. The highest BCUT2D eigenvalue weighted by Crippen LogP contribution is 2.09. The Morgan fingerprint density at radius 2 is 1.78 bits per heavy atom. The van der Waals surface area contributed by atoms with E-state index in [0.29, 0.717) is 0 Å². The molecule has 1 heteroatoms. The van der Waals surface area contributed by atoms with Crippen LogP contribution in [0.4, 0.5) is 0 Å². The smallest absolute Gasteiger partial charge is 0.145 e. The van der Waals surface area contributed by atoms with Crippen molar-refractivity contribution in [2.45, 2.75) is 39.5 Å². The lowest BCUT2D eigenvalue weighted by molar-refractivity contribution is -0.104. The van der Waals surface area contributed by atoms with Gasteiger partial charge in [0.2, 0.25) is 0 Å². The van der Waals surface area contributed by atoms with Crippen molar-refractivity contribution >= 4 is 6.29 Å². The molecule has 0 bridgehead atoms. The van der Waals surface area contributed by atoms with Crippen LogP contribution in [0.5, 0.6) is 0 Å². The predicted molar refractivity (Wildman–Crippen MR) is 77.6 cm³/mol. The van der Waals surface area contributed by atoms with Gasteiger partial charge in [0.1, 0.15) is 6.29 Å². The summed E-state index contributed by atoms with van der Waals surface area (Å²) < 4.78 is 0. The lowest BCUT2D eigenvalue weighted by Crippen LogP contribution is -1.84. The molecule has 1 nitrogen and oxygen atoms in total. The van der Waals surface area contributed by atoms with Gasteiger partial charge < -0.3 is 0 Å². The second-order valence-corrected chi connectivity index (χ2v) is 4.68. The van der Waals surface area contributed by atoms with Gasteiger partial charge in [-0.2, -0.15) is 0 Å². The van der Waals surface area contributed by atoms with E-state index in [2.05, 4.69) is 37.3 Å². The first-order valence-electron chi connectivity index (χ1n) is 6.54. The highest BCUT2D eigenvalue weighted by atomic mass is 16.1. The van der Waals surface area contributed by atoms with E-state index in [9.17, 15) is 4.79 Å². The van der Waals surface area contributed by atoms with Crippen LogP contribution in [0.1, 0.15) is 38.7 Å². The van der Waals surface area contributed by atoms with Gasteiger partial charge in [0.15, 0.2) is 0 Å². The number of rotatable bonds is 7. The molecule has 1 aromatic rings. The molecule has 1 rings (SSSR count). The molecule has 0 saturated heterocycles. The van der Waals surface area contributed by atoms with Crippen molar-refractivity contribution in [1.29, 1.82) is 0 Å². The average Bonchev–Trinajstić information content (AvgIpc) is 2.39. The fourth-order valence-corrected chi connectivity index (χ4v) is 1.81. The Hall–Kier alpha value is -1.63. The van der Waals surface area contributed by atoms with Crippen LogP contribution in [0.25, 0.3) is 0 Å². The summed E-state index contributed by atoms with van der Waals surface area (Å²) in [4.78, 5) is 10.4. The Bertz CT molecular complexity index is 412. The summed E-state index contributed by atoms with van der Waals surface area (Å²) in [5, 5.41) is 0. The number of carbonyl (C=O) groups is 1. The number of carbonyl (C=O) groups excluding carboxylic acids is 1. The molecule has 96 valence electrons. The monoisotopic (exact) mass is 242 g/mol. The number of aldehydes is 1. The van der Waals surface area contributed by atoms with Gasteiger partial charge in [0.05, 0.1) is 0 Å². The quantitative estimate of drug-likeness (QED) is 0.391. The van der Waals surface area contributed by atoms with Gasteiger partial charge in [-0.3, -0.25) is 4.79 Å². The van der Waals surface area contributed by atoms with E-state index in [1.165, 1.54) is 11.1 Å². The van der Waals surface area contributed by atoms with Gasteiger partial charge in [0, 0.05) is 0 Å². The SMILES string of the molecule is C/C(C=O)=C\CC/C(C)=C/CCc1ccccc1. The fraction of sp³-hybridized carbons (Fsp3) is 0.353. The molecule has 0 aliphatic heterocycles. The highest BCUT2D eigenvalue weighted by molar-refractivity contribution is 5.71. The summed E-state index contributed by atoms with van der Waals surface area (Å²) in [5.74, 6) is 0. The Morgan fingerprint density at radius 1 is 1.06 bits per heavy atom. The Balaban J connectivity index is 2.28. The van der Waals surface area contributed by atoms with Crippen molar-refractivity contribution in [3.8, 4) is 0 Å². The summed E-state index contributed by atoms with van der Waals surface area (Å²) in [6.45, 7) is 4.01. The maximum absolute atomic E-state index is 10.4. The predicted octanol–water partition coefficient (Wildman–Crippen LogP) is 4.49. The highest BCUT2D eigenvalue weighted by Gasteiger charge is 1.92. The van der Waals surface area contributed by atoms with Crippen molar-refractivity contribution in [3.05, 3.63) is 59.2 Å². The van der Waals surface area contributed by atoms with E-state index in [-0.39, 0.29) is 0 Å². The van der Waals surface area contributed by atoms with Crippen LogP contribution >= 0.6 is 0 Å². The number of allylic oxidation sites excluding steroid dienone is 4. The van der Waals surface area contributed by atoms with Crippen LogP contribution in [0, 0.1) is 0 Å². The van der Waals surface area contributed by atoms with E-state index in [0.717, 1.165) is 37.5 Å². The summed E-state index contributed by atoms with van der Waals surface area (Å²) in [7, 11) is 0. The molecular formula is C17H22O. The van der Waals surface area contributed by atoms with Crippen molar-refractivity contribution < 1.29 is 4.79 Å². The van der Waals surface area contributed by atoms with E-state index < -0.39 is 0 Å². The molecule has 0 unspecified atom stereocenters. The third-order valence-electron chi connectivity index (χ3n) is 2.96. The minimum absolute atomic E-state index is 0.826. The van der Waals surface area contributed by atoms with Crippen LogP contribution < -0.4 is 0 Å². The van der Waals surface area contributed by atoms with Crippen LogP contribution in [-0.2, 0) is 11.2 Å². The zero-order valence-electron chi connectivity index (χ0n) is 11.4. The summed E-state index contributed by atoms with van der Waals surface area (Å²) >= 11 is 0. The number of aryl methyl sites for hydroxylation is 1. The second-order valence-electron chi connectivity index (χ2n) is 4.68. The average molecular weight is 242 g/mol. The maximum atomic E-state index is 10.4. The van der Waals surface area contributed by atoms with Gasteiger partial charge in [-0.15, -0.1) is 0 Å². The molecule has 0 radical (unpaired) electrons. The second kappa shape index (κ2) is 8.46. The van der Waals surface area contributed by atoms with Crippen LogP contribution in [0.15, 0.2) is 53.6 Å². The maximum Gasteiger partial charge on any atom is 0.145 e. The summed E-state index contributed by atoms with van der Waals surface area (Å²) in [6, 6.07) is 10.5. The minimum Gasteiger partial charge on any atom is -0.298 e. The molecule has 0 aliphatic carbocycles. The first-order chi connectivity index (χ1) is 8.72. The van der Waals surface area contributed by atoms with Gasteiger partial charge in [0.25, 0.3) is 0 Å². The van der Waals surface area contributed by atoms with Crippen molar-refractivity contribution in [3.63, 3.8) is 0 Å². The molecule has 0 atom stereocenters. The molecule has 0 N–H and O–H groups in total. The largest absolute Gasteiger partial charge is 0.298 e. The minimum atomic E-state index is 0.826. The Kier molecular flexibility index (Phi) is 6.78. The molecule has 0 spiro atoms. The molecule has 0 fully saturated rings. The van der Waals surface area contributed by atoms with Crippen LogP contribution in [-0.4, -0.2) is 6.29 Å². The van der Waals surface area contributed by atoms with Gasteiger partial charge in [-0.05, 0) is 50.7 Å². The third kappa shape index (κ3) is 6.19. The van der Waals surface area contributed by atoms with Gasteiger partial charge >= 0.3 is 0 Å². The Labute approximate surface area is 110 Å². The lowest BCUT2D eigenvalue weighted by Gasteiger charge is -2.00. The molecular weight excluding hydrogens is 220 g/mol. The summed E-state index contributed by atoms with van der Waals surface area (Å²) in [5.41, 5.74) is 3.62. The molecule has 0 aromatic heterocycles. The molecule has 0 aliphatic rings. The van der Waals surface area contributed by atoms with Crippen LogP contribution in [0.3, 0.4) is 0 Å². The Morgan fingerprint density at radius 3 is 2.44 bits per heavy atom. The summed E-state index contributed by atoms with van der Waals surface area (Å²) in [6.07, 6.45) is 9.40. The van der Waals surface area contributed by atoms with Crippen molar-refractivity contribution in [2.75, 3.05) is 0 Å². The number of hydrogen-bond acceptors (Lipinski definition) is 1. The molecule has 0 heterocycles. The number of benzene rings is 1. The van der Waals surface area contributed by atoms with Crippen LogP contribution in [0.2, 0.25) is 0 Å². The standard InChI is InChI=1S/C17H22O/c1-15(8-6-10-16(2)14-18)9-7-13-17-11-4-3-5-12-17/h3-5,9-12,14H,6-8,13H2,1-2H3/b15-9+,16-10+. The topological polar surface area (TPSA) is 17.1 Å². The van der Waals surface area contributed by atoms with Gasteiger partial charge in [-0.1, -0.05) is 48.1 Å². The molecule has 0 saturated carbocycles. The first-order valence-corrected chi connectivity index (χ1v) is 6.54. The van der Waals surface area contributed by atoms with E-state index in [1.54, 1.807) is 0 Å². The lowest BCUT2D eigenvalue weighted by atomic mass is 10.1. The number of hydrogen-bond donors (Lipinski definition) is 0. The molecule has 0 amide bonds. The molecule has 18 heavy (non-hydrogen) atoms.